The van der Waals surface area contributed by atoms with Gasteiger partial charge in [-0.15, -0.1) is 0 Å². The van der Waals surface area contributed by atoms with Crippen molar-refractivity contribution in [3.63, 3.8) is 0 Å². The number of hydrogen-bond donors (Lipinski definition) is 1. The fourth-order valence-corrected chi connectivity index (χ4v) is 1.77. The Balaban J connectivity index is 2.17. The summed E-state index contributed by atoms with van der Waals surface area (Å²) in [5.74, 6) is 0.696. The molecule has 4 nitrogen and oxygen atoms in total. The lowest BCUT2D eigenvalue weighted by Crippen LogP contribution is -1.89. The second kappa shape index (κ2) is 3.59. The lowest BCUT2D eigenvalue weighted by Gasteiger charge is -2.01. The standard InChI is InChI=1S/C13H12N4/c1-9-3-4-10(7-11(9)14)12-8-17-6-2-5-15-13(17)16-12/h2-8H,14H2,1H3. The Labute approximate surface area is 98.8 Å². The summed E-state index contributed by atoms with van der Waals surface area (Å²) in [4.78, 5) is 8.64. The van der Waals surface area contributed by atoms with Crippen LogP contribution in [0.2, 0.25) is 0 Å². The third-order valence-corrected chi connectivity index (χ3v) is 2.81. The highest BCUT2D eigenvalue weighted by atomic mass is 15.1. The van der Waals surface area contributed by atoms with Gasteiger partial charge < -0.3 is 5.73 Å². The number of nitrogen functional groups attached to an aromatic ring is 1. The Kier molecular flexibility index (Phi) is 2.08. The van der Waals surface area contributed by atoms with Crippen LogP contribution in [0.1, 0.15) is 5.56 Å². The van der Waals surface area contributed by atoms with Crippen molar-refractivity contribution < 1.29 is 0 Å². The van der Waals surface area contributed by atoms with E-state index in [-0.39, 0.29) is 0 Å². The first-order valence-corrected chi connectivity index (χ1v) is 5.40. The lowest BCUT2D eigenvalue weighted by atomic mass is 10.1. The molecule has 0 fully saturated rings. The summed E-state index contributed by atoms with van der Waals surface area (Å²) in [6.07, 6.45) is 5.61. The Bertz CT molecular complexity index is 652. The van der Waals surface area contributed by atoms with Crippen molar-refractivity contribution >= 4 is 11.5 Å². The maximum Gasteiger partial charge on any atom is 0.234 e. The molecule has 84 valence electrons. The van der Waals surface area contributed by atoms with Gasteiger partial charge in [0.15, 0.2) is 0 Å². The molecule has 0 bridgehead atoms. The SMILES string of the molecule is Cc1ccc(-c2cn3cccnc3n2)cc1N. The predicted octanol–water partition coefficient (Wildman–Crippen LogP) is 2.29. The minimum Gasteiger partial charge on any atom is -0.398 e. The number of imidazole rings is 1. The Morgan fingerprint density at radius 3 is 2.94 bits per heavy atom. The molecule has 0 radical (unpaired) electrons. The van der Waals surface area contributed by atoms with Crippen molar-refractivity contribution in [2.75, 3.05) is 5.73 Å². The molecule has 0 amide bonds. The second-order valence-corrected chi connectivity index (χ2v) is 4.02. The van der Waals surface area contributed by atoms with Gasteiger partial charge in [0.05, 0.1) is 5.69 Å². The largest absolute Gasteiger partial charge is 0.398 e. The van der Waals surface area contributed by atoms with E-state index in [1.165, 1.54) is 0 Å². The zero-order valence-electron chi connectivity index (χ0n) is 9.46. The highest BCUT2D eigenvalue weighted by Gasteiger charge is 2.05. The summed E-state index contributed by atoms with van der Waals surface area (Å²) in [6.45, 7) is 1.99. The van der Waals surface area contributed by atoms with Crippen LogP contribution in [0.5, 0.6) is 0 Å². The molecule has 4 heteroatoms. The van der Waals surface area contributed by atoms with Crippen molar-refractivity contribution in [1.82, 2.24) is 14.4 Å². The van der Waals surface area contributed by atoms with Crippen molar-refractivity contribution in [3.8, 4) is 11.3 Å². The maximum absolute atomic E-state index is 5.90. The normalized spacial score (nSPS) is 10.9. The van der Waals surface area contributed by atoms with E-state index < -0.39 is 0 Å². The fourth-order valence-electron chi connectivity index (χ4n) is 1.77. The molecule has 0 saturated carbocycles. The van der Waals surface area contributed by atoms with E-state index in [0.29, 0.717) is 5.78 Å². The summed E-state index contributed by atoms with van der Waals surface area (Å²) in [6, 6.07) is 7.84. The van der Waals surface area contributed by atoms with Crippen LogP contribution in [0.3, 0.4) is 0 Å². The molecule has 0 aliphatic carbocycles. The lowest BCUT2D eigenvalue weighted by molar-refractivity contribution is 1.11. The quantitative estimate of drug-likeness (QED) is 0.645. The number of hydrogen-bond acceptors (Lipinski definition) is 3. The molecule has 2 aromatic heterocycles. The molecule has 3 rings (SSSR count). The first kappa shape index (κ1) is 9.84. The molecular weight excluding hydrogens is 212 g/mol. The molecule has 0 atom stereocenters. The van der Waals surface area contributed by atoms with Crippen molar-refractivity contribution in [3.05, 3.63) is 48.4 Å². The van der Waals surface area contributed by atoms with Gasteiger partial charge in [-0.3, -0.25) is 4.40 Å². The molecule has 0 spiro atoms. The van der Waals surface area contributed by atoms with Crippen molar-refractivity contribution in [2.24, 2.45) is 0 Å². The van der Waals surface area contributed by atoms with Gasteiger partial charge in [-0.05, 0) is 24.6 Å². The second-order valence-electron chi connectivity index (χ2n) is 4.02. The van der Waals surface area contributed by atoms with Gasteiger partial charge in [-0.2, -0.15) is 0 Å². The molecule has 0 saturated heterocycles. The smallest absolute Gasteiger partial charge is 0.234 e. The number of rotatable bonds is 1. The van der Waals surface area contributed by atoms with Gasteiger partial charge >= 0.3 is 0 Å². The van der Waals surface area contributed by atoms with Gasteiger partial charge in [0.2, 0.25) is 5.78 Å². The highest BCUT2D eigenvalue weighted by molar-refractivity contribution is 5.67. The Hall–Kier alpha value is -2.36. The van der Waals surface area contributed by atoms with E-state index in [1.807, 2.05) is 48.0 Å². The van der Waals surface area contributed by atoms with Crippen LogP contribution in [0.15, 0.2) is 42.9 Å². The number of aromatic nitrogens is 3. The first-order chi connectivity index (χ1) is 8.24. The van der Waals surface area contributed by atoms with E-state index in [9.17, 15) is 0 Å². The Morgan fingerprint density at radius 1 is 1.29 bits per heavy atom. The van der Waals surface area contributed by atoms with E-state index in [0.717, 1.165) is 22.5 Å². The van der Waals surface area contributed by atoms with Crippen LogP contribution >= 0.6 is 0 Å². The molecule has 3 aromatic rings. The minimum absolute atomic E-state index is 0.696. The van der Waals surface area contributed by atoms with Crippen LogP contribution < -0.4 is 5.73 Å². The van der Waals surface area contributed by atoms with Crippen LogP contribution in [-0.2, 0) is 0 Å². The number of fused-ring (bicyclic) bond motifs is 1. The highest BCUT2D eigenvalue weighted by Crippen LogP contribution is 2.22. The van der Waals surface area contributed by atoms with Crippen LogP contribution in [0, 0.1) is 6.92 Å². The Morgan fingerprint density at radius 2 is 2.18 bits per heavy atom. The van der Waals surface area contributed by atoms with Crippen LogP contribution in [-0.4, -0.2) is 14.4 Å². The fraction of sp³-hybridized carbons (Fsp3) is 0.0769. The number of nitrogens with two attached hydrogens (primary N) is 1. The summed E-state index contributed by atoms with van der Waals surface area (Å²) in [5.41, 5.74) is 9.66. The molecule has 2 heterocycles. The van der Waals surface area contributed by atoms with E-state index in [2.05, 4.69) is 9.97 Å². The number of aryl methyl sites for hydroxylation is 1. The molecule has 0 unspecified atom stereocenters. The van der Waals surface area contributed by atoms with Crippen LogP contribution in [0.25, 0.3) is 17.0 Å². The number of nitrogens with zero attached hydrogens (tertiary/aromatic N) is 3. The van der Waals surface area contributed by atoms with Gasteiger partial charge in [-0.1, -0.05) is 12.1 Å². The van der Waals surface area contributed by atoms with E-state index in [4.69, 9.17) is 5.73 Å². The minimum atomic E-state index is 0.696. The summed E-state index contributed by atoms with van der Waals surface area (Å²) < 4.78 is 1.89. The monoisotopic (exact) mass is 224 g/mol. The summed E-state index contributed by atoms with van der Waals surface area (Å²) >= 11 is 0. The molecule has 17 heavy (non-hydrogen) atoms. The summed E-state index contributed by atoms with van der Waals surface area (Å²) in [5, 5.41) is 0. The average molecular weight is 224 g/mol. The van der Waals surface area contributed by atoms with E-state index >= 15 is 0 Å². The topological polar surface area (TPSA) is 56.2 Å². The average Bonchev–Trinajstić information content (AvgIpc) is 2.76. The molecule has 2 N–H and O–H groups in total. The number of benzene rings is 1. The molecule has 1 aromatic carbocycles. The molecular formula is C13H12N4. The zero-order valence-corrected chi connectivity index (χ0v) is 9.46. The maximum atomic E-state index is 5.90. The van der Waals surface area contributed by atoms with Gasteiger partial charge in [-0.25, -0.2) is 9.97 Å². The molecule has 0 aliphatic heterocycles. The van der Waals surface area contributed by atoms with Gasteiger partial charge in [0.25, 0.3) is 0 Å². The van der Waals surface area contributed by atoms with Crippen LogP contribution in [0.4, 0.5) is 5.69 Å². The third-order valence-electron chi connectivity index (χ3n) is 2.81. The van der Waals surface area contributed by atoms with E-state index in [1.54, 1.807) is 6.20 Å². The third kappa shape index (κ3) is 1.63. The first-order valence-electron chi connectivity index (χ1n) is 5.40. The van der Waals surface area contributed by atoms with Gasteiger partial charge in [0, 0.05) is 29.8 Å². The predicted molar refractivity (Wildman–Crippen MR) is 67.6 cm³/mol. The zero-order chi connectivity index (χ0) is 11.8. The van der Waals surface area contributed by atoms with Crippen molar-refractivity contribution in [2.45, 2.75) is 6.92 Å². The van der Waals surface area contributed by atoms with Gasteiger partial charge in [0.1, 0.15) is 0 Å². The van der Waals surface area contributed by atoms with Crippen molar-refractivity contribution in [1.29, 1.82) is 0 Å². The number of anilines is 1. The summed E-state index contributed by atoms with van der Waals surface area (Å²) in [7, 11) is 0. The molecule has 0 aliphatic rings.